The number of methoxy groups -OCH3 is 1. The van der Waals surface area contributed by atoms with E-state index in [4.69, 9.17) is 9.47 Å². The average molecular weight is 246 g/mol. The van der Waals surface area contributed by atoms with Crippen LogP contribution in [0.3, 0.4) is 0 Å². The summed E-state index contributed by atoms with van der Waals surface area (Å²) in [7, 11) is 1.55. The summed E-state index contributed by atoms with van der Waals surface area (Å²) < 4.78 is 10.3. The second kappa shape index (κ2) is 9.59. The molecule has 0 aliphatic heterocycles. The molecule has 0 saturated heterocycles. The van der Waals surface area contributed by atoms with E-state index in [1.165, 1.54) is 5.57 Å². The van der Waals surface area contributed by atoms with Crippen LogP contribution in [0.25, 0.3) is 0 Å². The molecule has 0 aromatic heterocycles. The summed E-state index contributed by atoms with van der Waals surface area (Å²) in [6.45, 7) is 5.90. The van der Waals surface area contributed by atoms with E-state index in [2.05, 4.69) is 6.08 Å². The molecule has 0 fully saturated rings. The van der Waals surface area contributed by atoms with Crippen LogP contribution in [0.2, 0.25) is 0 Å². The van der Waals surface area contributed by atoms with Crippen molar-refractivity contribution in [2.24, 2.45) is 0 Å². The van der Waals surface area contributed by atoms with Gasteiger partial charge in [0.25, 0.3) is 0 Å². The first kappa shape index (κ1) is 16.6. The molecule has 0 heterocycles. The van der Waals surface area contributed by atoms with Crippen molar-refractivity contribution in [3.63, 3.8) is 0 Å². The maximum absolute atomic E-state index is 9.91. The molecule has 0 spiro atoms. The van der Waals surface area contributed by atoms with Gasteiger partial charge in [0.1, 0.15) is 6.79 Å². The quantitative estimate of drug-likeness (QED) is 0.481. The zero-order chi connectivity index (χ0) is 13.3. The monoisotopic (exact) mass is 246 g/mol. The fourth-order valence-electron chi connectivity index (χ4n) is 1.58. The zero-order valence-electron chi connectivity index (χ0n) is 11.3. The van der Waals surface area contributed by atoms with E-state index in [1.807, 2.05) is 13.8 Å². The van der Waals surface area contributed by atoms with Crippen LogP contribution in [0.15, 0.2) is 11.6 Å². The summed E-state index contributed by atoms with van der Waals surface area (Å²) in [6.07, 6.45) is 2.54. The fraction of sp³-hybridized carbons (Fsp3) is 0.846. The Balaban J connectivity index is 4.16. The first-order valence-electron chi connectivity index (χ1n) is 6.07. The minimum absolute atomic E-state index is 0.163. The van der Waals surface area contributed by atoms with E-state index in [-0.39, 0.29) is 12.9 Å². The minimum atomic E-state index is -0.657. The molecule has 0 radical (unpaired) electrons. The first-order valence-corrected chi connectivity index (χ1v) is 6.07. The van der Waals surface area contributed by atoms with Crippen molar-refractivity contribution in [2.75, 3.05) is 13.9 Å². The number of hydrogen-bond donors (Lipinski definition) is 2. The SMILES string of the molecule is COCO[C@@H](CCC=C(C)C)[C@H](O)C[C@H](C)O. The molecule has 17 heavy (non-hydrogen) atoms. The highest BCUT2D eigenvalue weighted by molar-refractivity contribution is 4.93. The molecule has 4 nitrogen and oxygen atoms in total. The number of allylic oxidation sites excluding steroid dienone is 2. The Labute approximate surface area is 104 Å². The van der Waals surface area contributed by atoms with Gasteiger partial charge in [-0.25, -0.2) is 0 Å². The highest BCUT2D eigenvalue weighted by Crippen LogP contribution is 2.13. The molecule has 0 aromatic rings. The lowest BCUT2D eigenvalue weighted by Crippen LogP contribution is -2.32. The molecule has 0 bridgehead atoms. The van der Waals surface area contributed by atoms with Crippen molar-refractivity contribution in [1.82, 2.24) is 0 Å². The van der Waals surface area contributed by atoms with Crippen molar-refractivity contribution in [1.29, 1.82) is 0 Å². The second-order valence-electron chi connectivity index (χ2n) is 4.62. The number of aliphatic hydroxyl groups excluding tert-OH is 2. The molecule has 3 atom stereocenters. The third kappa shape index (κ3) is 9.30. The summed E-state index contributed by atoms with van der Waals surface area (Å²) in [4.78, 5) is 0. The predicted molar refractivity (Wildman–Crippen MR) is 67.7 cm³/mol. The van der Waals surface area contributed by atoms with E-state index in [1.54, 1.807) is 14.0 Å². The van der Waals surface area contributed by atoms with Crippen molar-refractivity contribution in [2.45, 2.75) is 58.3 Å². The maximum Gasteiger partial charge on any atom is 0.146 e. The summed E-state index contributed by atoms with van der Waals surface area (Å²) in [5.74, 6) is 0. The van der Waals surface area contributed by atoms with Gasteiger partial charge in [-0.3, -0.25) is 0 Å². The Morgan fingerprint density at radius 2 is 1.94 bits per heavy atom. The van der Waals surface area contributed by atoms with Gasteiger partial charge >= 0.3 is 0 Å². The largest absolute Gasteiger partial charge is 0.393 e. The molecule has 0 saturated carbocycles. The molecule has 2 N–H and O–H groups in total. The molecule has 0 aliphatic rings. The molecule has 4 heteroatoms. The number of rotatable bonds is 9. The Morgan fingerprint density at radius 1 is 1.29 bits per heavy atom. The van der Waals surface area contributed by atoms with E-state index in [9.17, 15) is 10.2 Å². The molecule has 102 valence electrons. The van der Waals surface area contributed by atoms with Crippen LogP contribution in [0, 0.1) is 0 Å². The summed E-state index contributed by atoms with van der Waals surface area (Å²) in [5, 5.41) is 19.2. The van der Waals surface area contributed by atoms with Gasteiger partial charge in [-0.15, -0.1) is 0 Å². The van der Waals surface area contributed by atoms with Gasteiger partial charge < -0.3 is 19.7 Å². The number of aliphatic hydroxyl groups is 2. The fourth-order valence-corrected chi connectivity index (χ4v) is 1.58. The van der Waals surface area contributed by atoms with E-state index >= 15 is 0 Å². The van der Waals surface area contributed by atoms with Gasteiger partial charge in [0.15, 0.2) is 0 Å². The van der Waals surface area contributed by atoms with Gasteiger partial charge in [0.2, 0.25) is 0 Å². The van der Waals surface area contributed by atoms with Gasteiger partial charge in [0.05, 0.1) is 18.3 Å². The summed E-state index contributed by atoms with van der Waals surface area (Å²) in [5.41, 5.74) is 1.25. The lowest BCUT2D eigenvalue weighted by Gasteiger charge is -2.23. The average Bonchev–Trinajstić information content (AvgIpc) is 2.21. The molecule has 0 rings (SSSR count). The first-order chi connectivity index (χ1) is 7.97. The lowest BCUT2D eigenvalue weighted by molar-refractivity contribution is -0.120. The van der Waals surface area contributed by atoms with Gasteiger partial charge in [-0.1, -0.05) is 11.6 Å². The third-order valence-electron chi connectivity index (χ3n) is 2.42. The smallest absolute Gasteiger partial charge is 0.146 e. The Hall–Kier alpha value is -0.420. The van der Waals surface area contributed by atoms with E-state index < -0.39 is 12.2 Å². The Morgan fingerprint density at radius 3 is 2.41 bits per heavy atom. The van der Waals surface area contributed by atoms with Gasteiger partial charge in [0, 0.05) is 13.5 Å². The van der Waals surface area contributed by atoms with Crippen LogP contribution in [-0.2, 0) is 9.47 Å². The van der Waals surface area contributed by atoms with Crippen LogP contribution in [0.4, 0.5) is 0 Å². The summed E-state index contributed by atoms with van der Waals surface area (Å²) >= 11 is 0. The van der Waals surface area contributed by atoms with Crippen molar-refractivity contribution in [3.8, 4) is 0 Å². The van der Waals surface area contributed by atoms with Crippen molar-refractivity contribution in [3.05, 3.63) is 11.6 Å². The highest BCUT2D eigenvalue weighted by Gasteiger charge is 2.20. The number of ether oxygens (including phenoxy) is 2. The molecular formula is C13H26O4. The third-order valence-corrected chi connectivity index (χ3v) is 2.42. The highest BCUT2D eigenvalue weighted by atomic mass is 16.7. The lowest BCUT2D eigenvalue weighted by atomic mass is 10.0. The van der Waals surface area contributed by atoms with Crippen LogP contribution in [0.5, 0.6) is 0 Å². The minimum Gasteiger partial charge on any atom is -0.393 e. The standard InChI is InChI=1S/C13H26O4/c1-10(2)6-5-7-13(17-9-16-4)12(15)8-11(3)14/h6,11-15H,5,7-9H2,1-4H3/t11-,12+,13-/m0/s1. The van der Waals surface area contributed by atoms with Gasteiger partial charge in [-0.2, -0.15) is 0 Å². The van der Waals surface area contributed by atoms with Crippen LogP contribution in [0.1, 0.15) is 40.0 Å². The van der Waals surface area contributed by atoms with E-state index in [0.29, 0.717) is 6.42 Å². The predicted octanol–water partition coefficient (Wildman–Crippen LogP) is 1.85. The van der Waals surface area contributed by atoms with Crippen molar-refractivity contribution >= 4 is 0 Å². The molecule has 0 aromatic carbocycles. The van der Waals surface area contributed by atoms with Crippen LogP contribution >= 0.6 is 0 Å². The normalized spacial score (nSPS) is 16.4. The molecule has 0 unspecified atom stereocenters. The van der Waals surface area contributed by atoms with Crippen LogP contribution in [-0.4, -0.2) is 42.4 Å². The Kier molecular flexibility index (Phi) is 9.36. The van der Waals surface area contributed by atoms with E-state index in [0.717, 1.165) is 12.8 Å². The maximum atomic E-state index is 9.91. The van der Waals surface area contributed by atoms with Gasteiger partial charge in [-0.05, 0) is 33.6 Å². The second-order valence-corrected chi connectivity index (χ2v) is 4.62. The summed E-state index contributed by atoms with van der Waals surface area (Å²) in [6, 6.07) is 0. The van der Waals surface area contributed by atoms with Crippen LogP contribution < -0.4 is 0 Å². The topological polar surface area (TPSA) is 58.9 Å². The number of hydrogen-bond acceptors (Lipinski definition) is 4. The van der Waals surface area contributed by atoms with Crippen molar-refractivity contribution < 1.29 is 19.7 Å². The Bertz CT molecular complexity index is 209. The molecule has 0 aliphatic carbocycles. The molecule has 0 amide bonds. The molecular weight excluding hydrogens is 220 g/mol. The zero-order valence-corrected chi connectivity index (χ0v) is 11.3.